The molecular weight excluding hydrogens is 321 g/mol. The molecule has 3 N–H and O–H groups in total. The summed E-state index contributed by atoms with van der Waals surface area (Å²) >= 11 is 3.37. The van der Waals surface area contributed by atoms with E-state index in [4.69, 9.17) is 5.73 Å². The average Bonchev–Trinajstić information content (AvgIpc) is 2.42. The fraction of sp³-hybridized carbons (Fsp3) is 0.385. The van der Waals surface area contributed by atoms with E-state index in [2.05, 4.69) is 21.2 Å². The third-order valence-electron chi connectivity index (χ3n) is 3.76. The normalized spacial score (nSPS) is 17.6. The van der Waals surface area contributed by atoms with Crippen molar-refractivity contribution >= 4 is 41.2 Å². The van der Waals surface area contributed by atoms with E-state index in [1.165, 1.54) is 0 Å². The van der Waals surface area contributed by atoms with Gasteiger partial charge in [-0.3, -0.25) is 9.59 Å². The Labute approximate surface area is 127 Å². The van der Waals surface area contributed by atoms with Gasteiger partial charge in [0.1, 0.15) is 5.54 Å². The molecule has 1 heterocycles. The Hall–Kier alpha value is -1.50. The van der Waals surface area contributed by atoms with Crippen molar-refractivity contribution in [3.63, 3.8) is 0 Å². The lowest BCUT2D eigenvalue weighted by atomic mass is 9.85. The van der Waals surface area contributed by atoms with Crippen LogP contribution < -0.4 is 11.1 Å². The van der Waals surface area contributed by atoms with Gasteiger partial charge in [-0.2, -0.15) is 0 Å². The van der Waals surface area contributed by atoms with Crippen LogP contribution in [0.2, 0.25) is 0 Å². The first-order valence-electron chi connectivity index (χ1n) is 6.52. The lowest BCUT2D eigenvalue weighted by Crippen LogP contribution is -2.57. The molecular formula is C13H17BBrN3O2. The van der Waals surface area contributed by atoms with Crippen LogP contribution in [0.3, 0.4) is 0 Å². The summed E-state index contributed by atoms with van der Waals surface area (Å²) < 4.78 is 0.975. The molecule has 0 saturated carbocycles. The van der Waals surface area contributed by atoms with Gasteiger partial charge < -0.3 is 16.0 Å². The second-order valence-corrected chi connectivity index (χ2v) is 6.00. The summed E-state index contributed by atoms with van der Waals surface area (Å²) in [4.78, 5) is 25.0. The molecule has 1 saturated heterocycles. The maximum absolute atomic E-state index is 11.9. The van der Waals surface area contributed by atoms with E-state index in [0.717, 1.165) is 10.2 Å². The van der Waals surface area contributed by atoms with Crippen molar-refractivity contribution in [2.75, 3.05) is 18.4 Å². The van der Waals surface area contributed by atoms with E-state index in [1.807, 2.05) is 24.3 Å². The van der Waals surface area contributed by atoms with Gasteiger partial charge in [-0.15, -0.1) is 0 Å². The Balaban J connectivity index is 2.13. The first-order chi connectivity index (χ1) is 9.43. The summed E-state index contributed by atoms with van der Waals surface area (Å²) in [5.41, 5.74) is 5.66. The van der Waals surface area contributed by atoms with Crippen molar-refractivity contribution in [2.24, 2.45) is 5.73 Å². The summed E-state index contributed by atoms with van der Waals surface area (Å²) in [6.07, 6.45) is 1.05. The number of nitrogens with zero attached hydrogens (tertiary/aromatic N) is 1. The van der Waals surface area contributed by atoms with Crippen LogP contribution >= 0.6 is 15.9 Å². The molecule has 1 aromatic carbocycles. The highest BCUT2D eigenvalue weighted by molar-refractivity contribution is 9.10. The Bertz CT molecular complexity index is 513. The SMILES string of the molecule is BC(=O)N1CCC(Nc2ccc(Br)cc2)(C(N)=O)CC1. The van der Waals surface area contributed by atoms with Crippen molar-refractivity contribution in [3.05, 3.63) is 28.7 Å². The van der Waals surface area contributed by atoms with Crippen LogP contribution in [-0.4, -0.2) is 43.1 Å². The third kappa shape index (κ3) is 3.15. The number of nitrogens with two attached hydrogens (primary N) is 1. The van der Waals surface area contributed by atoms with E-state index in [0.29, 0.717) is 25.9 Å². The first-order valence-corrected chi connectivity index (χ1v) is 7.31. The second kappa shape index (κ2) is 5.87. The average molecular weight is 338 g/mol. The highest BCUT2D eigenvalue weighted by Crippen LogP contribution is 2.27. The Kier molecular flexibility index (Phi) is 4.37. The predicted molar refractivity (Wildman–Crippen MR) is 84.4 cm³/mol. The lowest BCUT2D eigenvalue weighted by Gasteiger charge is -2.40. The van der Waals surface area contributed by atoms with Crippen LogP contribution in [0, 0.1) is 0 Å². The van der Waals surface area contributed by atoms with Crippen LogP contribution in [0.1, 0.15) is 12.8 Å². The van der Waals surface area contributed by atoms with Crippen molar-refractivity contribution in [2.45, 2.75) is 18.4 Å². The van der Waals surface area contributed by atoms with Crippen LogP contribution in [-0.2, 0) is 4.79 Å². The van der Waals surface area contributed by atoms with Gasteiger partial charge in [0.05, 0.1) is 0 Å². The van der Waals surface area contributed by atoms with E-state index < -0.39 is 5.54 Å². The molecule has 7 heteroatoms. The van der Waals surface area contributed by atoms with E-state index >= 15 is 0 Å². The summed E-state index contributed by atoms with van der Waals surface area (Å²) in [6.45, 7) is 1.09. The number of primary amides is 1. The van der Waals surface area contributed by atoms with Gasteiger partial charge in [-0.25, -0.2) is 0 Å². The minimum atomic E-state index is -0.778. The molecule has 0 spiro atoms. The molecule has 1 aromatic rings. The molecule has 0 radical (unpaired) electrons. The van der Waals surface area contributed by atoms with Gasteiger partial charge in [0.15, 0.2) is 5.81 Å². The number of hydrogen-bond donors (Lipinski definition) is 2. The molecule has 0 bridgehead atoms. The predicted octanol–water partition coefficient (Wildman–Crippen LogP) is 0.934. The summed E-state index contributed by atoms with van der Waals surface area (Å²) in [6, 6.07) is 7.60. The largest absolute Gasteiger partial charge is 0.371 e. The van der Waals surface area contributed by atoms with Gasteiger partial charge >= 0.3 is 0 Å². The number of rotatable bonds is 3. The smallest absolute Gasteiger partial charge is 0.243 e. The Morgan fingerprint density at radius 1 is 1.25 bits per heavy atom. The molecule has 106 valence electrons. The zero-order valence-corrected chi connectivity index (χ0v) is 12.9. The first kappa shape index (κ1) is 14.9. The number of piperidine rings is 1. The van der Waals surface area contributed by atoms with Crippen molar-refractivity contribution in [1.29, 1.82) is 0 Å². The van der Waals surface area contributed by atoms with Gasteiger partial charge in [-0.1, -0.05) is 15.9 Å². The van der Waals surface area contributed by atoms with Gasteiger partial charge in [0.2, 0.25) is 13.8 Å². The van der Waals surface area contributed by atoms with Crippen LogP contribution in [0.5, 0.6) is 0 Å². The molecule has 0 atom stereocenters. The zero-order valence-electron chi connectivity index (χ0n) is 11.4. The van der Waals surface area contributed by atoms with Gasteiger partial charge in [0, 0.05) is 23.2 Å². The lowest BCUT2D eigenvalue weighted by molar-refractivity contribution is -0.123. The third-order valence-corrected chi connectivity index (χ3v) is 4.29. The van der Waals surface area contributed by atoms with E-state index in [9.17, 15) is 9.59 Å². The van der Waals surface area contributed by atoms with Crippen molar-refractivity contribution in [3.8, 4) is 0 Å². The number of amides is 2. The van der Waals surface area contributed by atoms with Gasteiger partial charge in [0.25, 0.3) is 0 Å². The van der Waals surface area contributed by atoms with Crippen molar-refractivity contribution < 1.29 is 9.59 Å². The highest BCUT2D eigenvalue weighted by Gasteiger charge is 2.40. The maximum atomic E-state index is 11.9. The number of hydrogen-bond acceptors (Lipinski definition) is 3. The zero-order chi connectivity index (χ0) is 14.8. The van der Waals surface area contributed by atoms with E-state index in [-0.39, 0.29) is 11.7 Å². The molecule has 20 heavy (non-hydrogen) atoms. The quantitative estimate of drug-likeness (QED) is 0.806. The van der Waals surface area contributed by atoms with Crippen LogP contribution in [0.4, 0.5) is 10.5 Å². The molecule has 5 nitrogen and oxygen atoms in total. The summed E-state index contributed by atoms with van der Waals surface area (Å²) in [5.74, 6) is -0.338. The monoisotopic (exact) mass is 337 g/mol. The number of carbonyl (C=O) groups excluding carboxylic acids is 2. The maximum Gasteiger partial charge on any atom is 0.243 e. The summed E-state index contributed by atoms with van der Waals surface area (Å²) in [7, 11) is 1.54. The minimum absolute atomic E-state index is 0.0340. The molecule has 1 aliphatic heterocycles. The summed E-state index contributed by atoms with van der Waals surface area (Å²) in [5, 5.41) is 3.25. The number of carbonyl (C=O) groups is 2. The molecule has 0 unspecified atom stereocenters. The Morgan fingerprint density at radius 3 is 2.25 bits per heavy atom. The molecule has 0 aromatic heterocycles. The number of halogens is 1. The molecule has 2 rings (SSSR count). The van der Waals surface area contributed by atoms with Gasteiger partial charge in [-0.05, 0) is 37.1 Å². The molecule has 2 amide bonds. The molecule has 1 fully saturated rings. The fourth-order valence-electron chi connectivity index (χ4n) is 2.45. The van der Waals surface area contributed by atoms with Crippen molar-refractivity contribution in [1.82, 2.24) is 4.90 Å². The number of benzene rings is 1. The Morgan fingerprint density at radius 2 is 1.80 bits per heavy atom. The number of likely N-dealkylation sites (tertiary alicyclic amines) is 1. The van der Waals surface area contributed by atoms with E-state index in [1.54, 1.807) is 12.7 Å². The fourth-order valence-corrected chi connectivity index (χ4v) is 2.71. The minimum Gasteiger partial charge on any atom is -0.371 e. The standard InChI is InChI=1S/C13H17BBrN3O2/c14-12(20)18-7-5-13(6-8-18,11(16)19)17-10-3-1-9(15)2-4-10/h1-4,17H,5-8,14H2,(H2,16,19). The molecule has 0 aliphatic carbocycles. The second-order valence-electron chi connectivity index (χ2n) is 5.08. The highest BCUT2D eigenvalue weighted by atomic mass is 79.9. The topological polar surface area (TPSA) is 75.4 Å². The number of anilines is 1. The van der Waals surface area contributed by atoms with Crippen LogP contribution in [0.25, 0.3) is 0 Å². The number of nitrogens with one attached hydrogen (secondary N) is 1. The van der Waals surface area contributed by atoms with Crippen LogP contribution in [0.15, 0.2) is 28.7 Å². The molecule has 1 aliphatic rings.